The first-order valence-electron chi connectivity index (χ1n) is 9.53. The molecule has 0 aromatic heterocycles. The highest BCUT2D eigenvalue weighted by molar-refractivity contribution is 5.94. The highest BCUT2D eigenvalue weighted by atomic mass is 19.1. The van der Waals surface area contributed by atoms with Gasteiger partial charge in [0.25, 0.3) is 5.91 Å². The van der Waals surface area contributed by atoms with Crippen molar-refractivity contribution in [3.05, 3.63) is 65.5 Å². The van der Waals surface area contributed by atoms with E-state index in [1.54, 1.807) is 42.5 Å². The number of carbonyl (C=O) groups excluding carboxylic acids is 1. The van der Waals surface area contributed by atoms with E-state index in [0.717, 1.165) is 32.2 Å². The van der Waals surface area contributed by atoms with E-state index in [2.05, 4.69) is 0 Å². The molecule has 1 heterocycles. The van der Waals surface area contributed by atoms with Crippen LogP contribution in [0.15, 0.2) is 48.5 Å². The van der Waals surface area contributed by atoms with Crippen molar-refractivity contribution in [3.63, 3.8) is 0 Å². The van der Waals surface area contributed by atoms with Gasteiger partial charge in [-0.15, -0.1) is 0 Å². The Morgan fingerprint density at radius 2 is 1.93 bits per heavy atom. The minimum atomic E-state index is -0.538. The van der Waals surface area contributed by atoms with E-state index < -0.39 is 5.60 Å². The summed E-state index contributed by atoms with van der Waals surface area (Å²) in [6.45, 7) is 1.50. The third-order valence-electron chi connectivity index (χ3n) is 5.68. The van der Waals surface area contributed by atoms with Crippen molar-refractivity contribution in [2.45, 2.75) is 37.9 Å². The lowest BCUT2D eigenvalue weighted by Crippen LogP contribution is -2.44. The average Bonchev–Trinajstić information content (AvgIpc) is 3.46. The van der Waals surface area contributed by atoms with E-state index in [-0.39, 0.29) is 24.2 Å². The number of benzene rings is 2. The van der Waals surface area contributed by atoms with Gasteiger partial charge in [-0.1, -0.05) is 18.2 Å². The second-order valence-corrected chi connectivity index (χ2v) is 7.60. The third-order valence-corrected chi connectivity index (χ3v) is 5.68. The van der Waals surface area contributed by atoms with E-state index in [0.29, 0.717) is 23.4 Å². The zero-order valence-electron chi connectivity index (χ0n) is 15.2. The first kappa shape index (κ1) is 18.0. The van der Waals surface area contributed by atoms with Gasteiger partial charge in [0.2, 0.25) is 0 Å². The van der Waals surface area contributed by atoms with Gasteiger partial charge in [-0.25, -0.2) is 4.39 Å². The van der Waals surface area contributed by atoms with E-state index >= 15 is 0 Å². The van der Waals surface area contributed by atoms with E-state index in [9.17, 15) is 14.3 Å². The molecule has 1 saturated carbocycles. The second-order valence-electron chi connectivity index (χ2n) is 7.60. The normalized spacial score (nSPS) is 21.0. The number of halogens is 1. The van der Waals surface area contributed by atoms with Gasteiger partial charge >= 0.3 is 0 Å². The molecule has 27 heavy (non-hydrogen) atoms. The quantitative estimate of drug-likeness (QED) is 0.873. The summed E-state index contributed by atoms with van der Waals surface area (Å²) < 4.78 is 19.3. The minimum absolute atomic E-state index is 0.00963. The highest BCUT2D eigenvalue weighted by Gasteiger charge is 2.49. The minimum Gasteiger partial charge on any atom is -0.489 e. The molecule has 1 N–H and O–H groups in total. The summed E-state index contributed by atoms with van der Waals surface area (Å²) in [5, 5.41) is 10.4. The molecule has 1 amide bonds. The predicted molar refractivity (Wildman–Crippen MR) is 100.0 cm³/mol. The van der Waals surface area contributed by atoms with Crippen LogP contribution in [0.3, 0.4) is 0 Å². The Morgan fingerprint density at radius 3 is 2.63 bits per heavy atom. The van der Waals surface area contributed by atoms with Crippen molar-refractivity contribution in [2.24, 2.45) is 5.92 Å². The molecule has 2 aromatic carbocycles. The van der Waals surface area contributed by atoms with Crippen molar-refractivity contribution in [1.29, 1.82) is 0 Å². The van der Waals surface area contributed by atoms with E-state index in [1.807, 2.05) is 4.90 Å². The van der Waals surface area contributed by atoms with Gasteiger partial charge < -0.3 is 14.7 Å². The number of aliphatic hydroxyl groups is 1. The molecule has 0 bridgehead atoms. The van der Waals surface area contributed by atoms with Crippen molar-refractivity contribution >= 4 is 5.91 Å². The second kappa shape index (κ2) is 7.31. The predicted octanol–water partition coefficient (Wildman–Crippen LogP) is 3.78. The lowest BCUT2D eigenvalue weighted by molar-refractivity contribution is 0.0282. The number of ether oxygens (including phenoxy) is 1. The number of likely N-dealkylation sites (tertiary alicyclic amines) is 1. The number of hydrogen-bond donors (Lipinski definition) is 1. The lowest BCUT2D eigenvalue weighted by atomic mass is 9.90. The van der Waals surface area contributed by atoms with Crippen molar-refractivity contribution in [2.75, 3.05) is 13.1 Å². The van der Waals surface area contributed by atoms with E-state index in [1.165, 1.54) is 6.07 Å². The number of amides is 1. The van der Waals surface area contributed by atoms with Crippen LogP contribution in [0.1, 0.15) is 41.6 Å². The number of hydrogen-bond acceptors (Lipinski definition) is 3. The molecule has 4 rings (SSSR count). The van der Waals surface area contributed by atoms with Crippen LogP contribution in [0, 0.1) is 11.7 Å². The van der Waals surface area contributed by atoms with Gasteiger partial charge in [0.05, 0.1) is 5.60 Å². The Morgan fingerprint density at radius 1 is 1.19 bits per heavy atom. The fourth-order valence-electron chi connectivity index (χ4n) is 3.79. The summed E-state index contributed by atoms with van der Waals surface area (Å²) in [6.07, 6.45) is 3.63. The van der Waals surface area contributed by atoms with Crippen LogP contribution in [-0.4, -0.2) is 34.6 Å². The Balaban J connectivity index is 1.37. The van der Waals surface area contributed by atoms with Gasteiger partial charge in [-0.05, 0) is 56.0 Å². The largest absolute Gasteiger partial charge is 0.489 e. The first-order valence-corrected chi connectivity index (χ1v) is 9.53. The van der Waals surface area contributed by atoms with Gasteiger partial charge in [-0.3, -0.25) is 4.79 Å². The molecule has 0 spiro atoms. The smallest absolute Gasteiger partial charge is 0.253 e. The maximum Gasteiger partial charge on any atom is 0.253 e. The van der Waals surface area contributed by atoms with Gasteiger partial charge in [0.1, 0.15) is 18.2 Å². The molecule has 2 fully saturated rings. The highest BCUT2D eigenvalue weighted by Crippen LogP contribution is 2.45. The SMILES string of the molecule is O=C(c1ccc(OCc2ccccc2F)cc1)N1CCCC(C2(O)CC2)C1. The number of piperidine rings is 1. The topological polar surface area (TPSA) is 49.8 Å². The molecule has 1 atom stereocenters. The fraction of sp³-hybridized carbons (Fsp3) is 0.409. The van der Waals surface area contributed by atoms with E-state index in [4.69, 9.17) is 4.74 Å². The molecule has 2 aromatic rings. The number of carbonyl (C=O) groups is 1. The van der Waals surface area contributed by atoms with Crippen LogP contribution in [0.5, 0.6) is 5.75 Å². The molecule has 1 aliphatic carbocycles. The zero-order valence-corrected chi connectivity index (χ0v) is 15.2. The number of nitrogens with zero attached hydrogens (tertiary/aromatic N) is 1. The number of rotatable bonds is 5. The van der Waals surface area contributed by atoms with Gasteiger partial charge in [0.15, 0.2) is 0 Å². The van der Waals surface area contributed by atoms with Crippen LogP contribution >= 0.6 is 0 Å². The van der Waals surface area contributed by atoms with Crippen molar-refractivity contribution in [3.8, 4) is 5.75 Å². The Bertz CT molecular complexity index is 817. The molecule has 1 saturated heterocycles. The van der Waals surface area contributed by atoms with Crippen LogP contribution in [0.2, 0.25) is 0 Å². The fourth-order valence-corrected chi connectivity index (χ4v) is 3.79. The van der Waals surface area contributed by atoms with Crippen LogP contribution in [-0.2, 0) is 6.61 Å². The monoisotopic (exact) mass is 369 g/mol. The Hall–Kier alpha value is -2.40. The summed E-state index contributed by atoms with van der Waals surface area (Å²) in [4.78, 5) is 14.6. The van der Waals surface area contributed by atoms with Crippen molar-refractivity contribution in [1.82, 2.24) is 4.90 Å². The molecule has 4 nitrogen and oxygen atoms in total. The summed E-state index contributed by atoms with van der Waals surface area (Å²) >= 11 is 0. The maximum atomic E-state index is 13.6. The molecule has 1 unspecified atom stereocenters. The Labute approximate surface area is 158 Å². The summed E-state index contributed by atoms with van der Waals surface area (Å²) in [5.74, 6) is 0.489. The van der Waals surface area contributed by atoms with Gasteiger partial charge in [-0.2, -0.15) is 0 Å². The average molecular weight is 369 g/mol. The standard InChI is InChI=1S/C22H24FNO3/c23-20-6-2-1-4-17(20)15-27-19-9-7-16(8-10-19)21(25)24-13-3-5-18(14-24)22(26)11-12-22/h1-2,4,6-10,18,26H,3,5,11-15H2. The molecular formula is C22H24FNO3. The van der Waals surface area contributed by atoms with Crippen LogP contribution in [0.25, 0.3) is 0 Å². The summed E-state index contributed by atoms with van der Waals surface area (Å²) in [5.41, 5.74) is 0.565. The molecule has 142 valence electrons. The van der Waals surface area contributed by atoms with Crippen LogP contribution in [0.4, 0.5) is 4.39 Å². The molecule has 0 radical (unpaired) electrons. The third kappa shape index (κ3) is 3.98. The zero-order chi connectivity index (χ0) is 18.9. The first-order chi connectivity index (χ1) is 13.0. The van der Waals surface area contributed by atoms with Crippen molar-refractivity contribution < 1.29 is 19.0 Å². The Kier molecular flexibility index (Phi) is 4.87. The maximum absolute atomic E-state index is 13.6. The molecular weight excluding hydrogens is 345 g/mol. The summed E-state index contributed by atoms with van der Waals surface area (Å²) in [7, 11) is 0. The molecule has 2 aliphatic rings. The molecule has 5 heteroatoms. The van der Waals surface area contributed by atoms with Crippen LogP contribution < -0.4 is 4.74 Å². The lowest BCUT2D eigenvalue weighted by Gasteiger charge is -2.35. The van der Waals surface area contributed by atoms with Gasteiger partial charge in [0, 0.05) is 30.1 Å². The summed E-state index contributed by atoms with van der Waals surface area (Å²) in [6, 6.07) is 13.5. The molecule has 1 aliphatic heterocycles.